The maximum absolute atomic E-state index is 13.3. The van der Waals surface area contributed by atoms with E-state index in [1.807, 2.05) is 6.07 Å². The quantitative estimate of drug-likeness (QED) is 0.837. The summed E-state index contributed by atoms with van der Waals surface area (Å²) in [6.45, 7) is 5.66. The van der Waals surface area contributed by atoms with Gasteiger partial charge in [-0.15, -0.1) is 0 Å². The molecule has 1 aromatic heterocycles. The summed E-state index contributed by atoms with van der Waals surface area (Å²) >= 11 is 0. The van der Waals surface area contributed by atoms with Gasteiger partial charge < -0.3 is 4.52 Å². The molecule has 1 aliphatic rings. The molecule has 3 rings (SSSR count). The highest BCUT2D eigenvalue weighted by Crippen LogP contribution is 2.34. The molecule has 0 saturated carbocycles. The lowest BCUT2D eigenvalue weighted by Crippen LogP contribution is -2.22. The van der Waals surface area contributed by atoms with Gasteiger partial charge in [-0.1, -0.05) is 25.1 Å². The van der Waals surface area contributed by atoms with Crippen LogP contribution in [0.5, 0.6) is 0 Å². The van der Waals surface area contributed by atoms with Gasteiger partial charge in [-0.3, -0.25) is 4.90 Å². The van der Waals surface area contributed by atoms with Gasteiger partial charge in [-0.05, 0) is 43.0 Å². The zero-order valence-corrected chi connectivity index (χ0v) is 12.9. The number of nitrogens with zero attached hydrogens (tertiary/aromatic N) is 2. The van der Waals surface area contributed by atoms with Gasteiger partial charge in [0.2, 0.25) is 0 Å². The first-order chi connectivity index (χ1) is 10.5. The topological polar surface area (TPSA) is 29.3 Å². The number of rotatable bonds is 4. The molecule has 0 amide bonds. The molecule has 0 radical (unpaired) electrons. The normalized spacial score (nSPS) is 19.2. The summed E-state index contributed by atoms with van der Waals surface area (Å²) in [6, 6.07) is 6.26. The van der Waals surface area contributed by atoms with Crippen LogP contribution in [0.2, 0.25) is 0 Å². The summed E-state index contributed by atoms with van der Waals surface area (Å²) in [6.07, 6.45) is 2.06. The molecule has 1 saturated heterocycles. The zero-order chi connectivity index (χ0) is 15.7. The van der Waals surface area contributed by atoms with Gasteiger partial charge in [0.05, 0.1) is 11.7 Å². The Hall–Kier alpha value is -1.75. The molecule has 2 heterocycles. The number of likely N-dealkylation sites (tertiary alicyclic amines) is 1. The largest absolute Gasteiger partial charge is 0.359 e. The van der Waals surface area contributed by atoms with Crippen LogP contribution in [0.25, 0.3) is 0 Å². The van der Waals surface area contributed by atoms with Crippen molar-refractivity contribution in [1.82, 2.24) is 10.1 Å². The number of benzene rings is 1. The van der Waals surface area contributed by atoms with Crippen LogP contribution >= 0.6 is 0 Å². The third-order valence-corrected chi connectivity index (χ3v) is 4.20. The Labute approximate surface area is 128 Å². The Morgan fingerprint density at radius 3 is 2.77 bits per heavy atom. The van der Waals surface area contributed by atoms with Gasteiger partial charge in [-0.25, -0.2) is 8.78 Å². The second-order valence-electron chi connectivity index (χ2n) is 6.19. The van der Waals surface area contributed by atoms with Crippen LogP contribution in [-0.2, 0) is 6.54 Å². The van der Waals surface area contributed by atoms with E-state index in [0.29, 0.717) is 12.5 Å². The lowest BCUT2D eigenvalue weighted by Gasteiger charge is -2.22. The van der Waals surface area contributed by atoms with Gasteiger partial charge in [0.25, 0.3) is 0 Å². The standard InChI is InChI=1S/C17H20F2N2O/c1-11(2)15-9-17(22-20-15)16-4-3-7-21(16)10-12-5-6-13(18)14(19)8-12/h5-6,8-9,11,16H,3-4,7,10H2,1-2H3. The molecule has 118 valence electrons. The third-order valence-electron chi connectivity index (χ3n) is 4.20. The summed E-state index contributed by atoms with van der Waals surface area (Å²) < 4.78 is 31.9. The summed E-state index contributed by atoms with van der Waals surface area (Å²) in [5.41, 5.74) is 1.73. The fourth-order valence-corrected chi connectivity index (χ4v) is 2.94. The molecule has 0 N–H and O–H groups in total. The van der Waals surface area contributed by atoms with E-state index in [1.54, 1.807) is 6.07 Å². The monoisotopic (exact) mass is 306 g/mol. The number of hydrogen-bond donors (Lipinski definition) is 0. The average Bonchev–Trinajstić information content (AvgIpc) is 3.11. The minimum Gasteiger partial charge on any atom is -0.359 e. The van der Waals surface area contributed by atoms with Gasteiger partial charge >= 0.3 is 0 Å². The molecule has 1 fully saturated rings. The van der Waals surface area contributed by atoms with Crippen molar-refractivity contribution in [1.29, 1.82) is 0 Å². The zero-order valence-electron chi connectivity index (χ0n) is 12.9. The fourth-order valence-electron chi connectivity index (χ4n) is 2.94. The molecule has 0 spiro atoms. The minimum absolute atomic E-state index is 0.160. The lowest BCUT2D eigenvalue weighted by molar-refractivity contribution is 0.206. The van der Waals surface area contributed by atoms with Crippen LogP contribution in [0.1, 0.15) is 55.7 Å². The van der Waals surface area contributed by atoms with Crippen molar-refractivity contribution in [2.45, 2.75) is 45.2 Å². The molecule has 22 heavy (non-hydrogen) atoms. The second kappa shape index (κ2) is 6.16. The molecule has 0 aliphatic carbocycles. The minimum atomic E-state index is -0.807. The maximum Gasteiger partial charge on any atom is 0.159 e. The summed E-state index contributed by atoms with van der Waals surface area (Å²) in [5.74, 6) is -0.407. The molecular weight excluding hydrogens is 286 g/mol. The summed E-state index contributed by atoms with van der Waals surface area (Å²) in [5, 5.41) is 4.12. The van der Waals surface area contributed by atoms with E-state index in [0.717, 1.165) is 36.4 Å². The van der Waals surface area contributed by atoms with Crippen molar-refractivity contribution in [3.05, 3.63) is 52.9 Å². The Kier molecular flexibility index (Phi) is 4.25. The third kappa shape index (κ3) is 3.04. The van der Waals surface area contributed by atoms with Crippen molar-refractivity contribution in [3.8, 4) is 0 Å². The van der Waals surface area contributed by atoms with E-state index in [-0.39, 0.29) is 6.04 Å². The highest BCUT2D eigenvalue weighted by Gasteiger charge is 2.29. The van der Waals surface area contributed by atoms with E-state index < -0.39 is 11.6 Å². The molecule has 2 aromatic rings. The molecule has 1 aliphatic heterocycles. The number of aromatic nitrogens is 1. The van der Waals surface area contributed by atoms with Gasteiger partial charge in [0, 0.05) is 12.6 Å². The van der Waals surface area contributed by atoms with E-state index >= 15 is 0 Å². The smallest absolute Gasteiger partial charge is 0.159 e. The first-order valence-electron chi connectivity index (χ1n) is 7.69. The van der Waals surface area contributed by atoms with Crippen molar-refractivity contribution >= 4 is 0 Å². The molecule has 5 heteroatoms. The Morgan fingerprint density at radius 1 is 1.27 bits per heavy atom. The van der Waals surface area contributed by atoms with E-state index in [9.17, 15) is 8.78 Å². The predicted molar refractivity (Wildman–Crippen MR) is 79.3 cm³/mol. The van der Waals surface area contributed by atoms with Gasteiger partial charge in [-0.2, -0.15) is 0 Å². The second-order valence-corrected chi connectivity index (χ2v) is 6.19. The molecule has 1 atom stereocenters. The van der Waals surface area contributed by atoms with Crippen LogP contribution in [-0.4, -0.2) is 16.6 Å². The Morgan fingerprint density at radius 2 is 2.09 bits per heavy atom. The van der Waals surface area contributed by atoms with Crippen molar-refractivity contribution < 1.29 is 13.3 Å². The lowest BCUT2D eigenvalue weighted by atomic mass is 10.1. The van der Waals surface area contributed by atoms with Gasteiger partial charge in [0.15, 0.2) is 17.4 Å². The summed E-state index contributed by atoms with van der Waals surface area (Å²) in [7, 11) is 0. The Bertz CT molecular complexity index is 654. The molecule has 0 bridgehead atoms. The Balaban J connectivity index is 1.76. The highest BCUT2D eigenvalue weighted by molar-refractivity contribution is 5.19. The molecule has 3 nitrogen and oxygen atoms in total. The van der Waals surface area contributed by atoms with Crippen molar-refractivity contribution in [3.63, 3.8) is 0 Å². The van der Waals surface area contributed by atoms with E-state index in [1.165, 1.54) is 12.1 Å². The SMILES string of the molecule is CC(C)c1cc(C2CCCN2Cc2ccc(F)c(F)c2)on1. The van der Waals surface area contributed by atoms with Crippen LogP contribution < -0.4 is 0 Å². The molecule has 1 unspecified atom stereocenters. The van der Waals surface area contributed by atoms with E-state index in [4.69, 9.17) is 4.52 Å². The van der Waals surface area contributed by atoms with E-state index in [2.05, 4.69) is 23.9 Å². The average molecular weight is 306 g/mol. The van der Waals surface area contributed by atoms with Crippen LogP contribution in [0.3, 0.4) is 0 Å². The maximum atomic E-state index is 13.3. The highest BCUT2D eigenvalue weighted by atomic mass is 19.2. The van der Waals surface area contributed by atoms with Crippen LogP contribution in [0.15, 0.2) is 28.8 Å². The fraction of sp³-hybridized carbons (Fsp3) is 0.471. The first kappa shape index (κ1) is 15.2. The first-order valence-corrected chi connectivity index (χ1v) is 7.69. The predicted octanol–water partition coefficient (Wildman–Crippen LogP) is 4.41. The molecule has 1 aromatic carbocycles. The van der Waals surface area contributed by atoms with Crippen LogP contribution in [0, 0.1) is 11.6 Å². The van der Waals surface area contributed by atoms with Crippen molar-refractivity contribution in [2.24, 2.45) is 0 Å². The number of halogens is 2. The molecular formula is C17H20F2N2O. The van der Waals surface area contributed by atoms with Gasteiger partial charge in [0.1, 0.15) is 0 Å². The number of hydrogen-bond acceptors (Lipinski definition) is 3. The van der Waals surface area contributed by atoms with Crippen LogP contribution in [0.4, 0.5) is 8.78 Å². The van der Waals surface area contributed by atoms with Crippen molar-refractivity contribution in [2.75, 3.05) is 6.54 Å². The summed E-state index contributed by atoms with van der Waals surface area (Å²) in [4.78, 5) is 2.23.